The van der Waals surface area contributed by atoms with Crippen molar-refractivity contribution in [2.24, 2.45) is 7.05 Å². The molecule has 0 radical (unpaired) electrons. The number of sulfonamides is 1. The SMILES string of the molecule is Cc1cc(-c2ccc(F)cc2)cc(C2CCCN(S(=O)(=O)c3cnn(C)c3C)C2)n1. The van der Waals surface area contributed by atoms with Gasteiger partial charge in [0, 0.05) is 37.4 Å². The fourth-order valence-corrected chi connectivity index (χ4v) is 5.69. The lowest BCUT2D eigenvalue weighted by Gasteiger charge is -2.31. The molecular formula is C22H25FN4O2S. The van der Waals surface area contributed by atoms with Gasteiger partial charge in [-0.15, -0.1) is 0 Å². The molecule has 3 heterocycles. The van der Waals surface area contributed by atoms with Crippen molar-refractivity contribution in [1.29, 1.82) is 0 Å². The summed E-state index contributed by atoms with van der Waals surface area (Å²) >= 11 is 0. The van der Waals surface area contributed by atoms with Crippen molar-refractivity contribution < 1.29 is 12.8 Å². The number of pyridine rings is 1. The third kappa shape index (κ3) is 3.89. The van der Waals surface area contributed by atoms with Crippen LogP contribution in [0.4, 0.5) is 4.39 Å². The van der Waals surface area contributed by atoms with Crippen LogP contribution in [0, 0.1) is 19.7 Å². The van der Waals surface area contributed by atoms with E-state index in [0.717, 1.165) is 35.4 Å². The molecule has 158 valence electrons. The number of hydrogen-bond acceptors (Lipinski definition) is 4. The van der Waals surface area contributed by atoms with Crippen LogP contribution >= 0.6 is 0 Å². The van der Waals surface area contributed by atoms with E-state index in [-0.39, 0.29) is 16.6 Å². The number of aryl methyl sites for hydroxylation is 2. The van der Waals surface area contributed by atoms with Gasteiger partial charge in [-0.2, -0.15) is 9.40 Å². The first-order valence-corrected chi connectivity index (χ1v) is 11.4. The Morgan fingerprint density at radius 2 is 1.83 bits per heavy atom. The Kier molecular flexibility index (Phi) is 5.46. The van der Waals surface area contributed by atoms with Crippen LogP contribution in [0.1, 0.15) is 35.8 Å². The van der Waals surface area contributed by atoms with E-state index in [9.17, 15) is 12.8 Å². The van der Waals surface area contributed by atoms with Gasteiger partial charge in [-0.1, -0.05) is 12.1 Å². The molecule has 1 fully saturated rings. The molecule has 1 saturated heterocycles. The molecule has 4 rings (SSSR count). The number of nitrogens with zero attached hydrogens (tertiary/aromatic N) is 4. The van der Waals surface area contributed by atoms with Crippen molar-refractivity contribution in [3.8, 4) is 11.1 Å². The van der Waals surface area contributed by atoms with Crippen molar-refractivity contribution in [2.75, 3.05) is 13.1 Å². The molecule has 1 aromatic carbocycles. The van der Waals surface area contributed by atoms with Crippen LogP contribution in [-0.2, 0) is 17.1 Å². The van der Waals surface area contributed by atoms with E-state index in [0.29, 0.717) is 18.8 Å². The molecule has 0 bridgehead atoms. The number of benzene rings is 1. The van der Waals surface area contributed by atoms with Gasteiger partial charge in [0.05, 0.1) is 11.9 Å². The molecule has 0 N–H and O–H groups in total. The highest BCUT2D eigenvalue weighted by atomic mass is 32.2. The second-order valence-corrected chi connectivity index (χ2v) is 9.76. The maximum absolute atomic E-state index is 13.3. The summed E-state index contributed by atoms with van der Waals surface area (Å²) in [7, 11) is -1.87. The quantitative estimate of drug-likeness (QED) is 0.634. The predicted molar refractivity (Wildman–Crippen MR) is 113 cm³/mol. The molecule has 6 nitrogen and oxygen atoms in total. The van der Waals surface area contributed by atoms with E-state index in [1.807, 2.05) is 19.1 Å². The van der Waals surface area contributed by atoms with Gasteiger partial charge in [0.25, 0.3) is 0 Å². The van der Waals surface area contributed by atoms with Gasteiger partial charge in [-0.25, -0.2) is 12.8 Å². The van der Waals surface area contributed by atoms with E-state index < -0.39 is 10.0 Å². The lowest BCUT2D eigenvalue weighted by molar-refractivity contribution is 0.312. The van der Waals surface area contributed by atoms with Crippen molar-refractivity contribution in [3.05, 3.63) is 65.5 Å². The molecule has 1 aliphatic rings. The van der Waals surface area contributed by atoms with Crippen LogP contribution < -0.4 is 0 Å². The minimum atomic E-state index is -3.61. The molecule has 1 atom stereocenters. The van der Waals surface area contributed by atoms with Crippen LogP contribution in [0.15, 0.2) is 47.5 Å². The van der Waals surface area contributed by atoms with Crippen molar-refractivity contribution in [3.63, 3.8) is 0 Å². The van der Waals surface area contributed by atoms with E-state index in [1.54, 1.807) is 35.1 Å². The smallest absolute Gasteiger partial charge is 0.246 e. The number of hydrogen-bond donors (Lipinski definition) is 0. The minimum absolute atomic E-state index is 0.00426. The molecule has 2 aromatic heterocycles. The summed E-state index contributed by atoms with van der Waals surface area (Å²) in [6, 6.07) is 10.3. The van der Waals surface area contributed by atoms with E-state index >= 15 is 0 Å². The number of aromatic nitrogens is 3. The van der Waals surface area contributed by atoms with E-state index in [4.69, 9.17) is 4.98 Å². The summed E-state index contributed by atoms with van der Waals surface area (Å²) in [5, 5.41) is 4.09. The lowest BCUT2D eigenvalue weighted by atomic mass is 9.93. The normalized spacial score (nSPS) is 17.9. The molecule has 0 amide bonds. The summed E-state index contributed by atoms with van der Waals surface area (Å²) in [6.07, 6.45) is 3.06. The van der Waals surface area contributed by atoms with Crippen molar-refractivity contribution in [1.82, 2.24) is 19.1 Å². The summed E-state index contributed by atoms with van der Waals surface area (Å²) in [6.45, 7) is 4.56. The second kappa shape index (κ2) is 7.92. The molecule has 0 spiro atoms. The number of piperidine rings is 1. The first-order valence-electron chi connectivity index (χ1n) is 9.99. The van der Waals surface area contributed by atoms with Crippen LogP contribution in [0.2, 0.25) is 0 Å². The Balaban J connectivity index is 1.63. The highest BCUT2D eigenvalue weighted by Crippen LogP contribution is 2.32. The Bertz CT molecular complexity index is 1170. The maximum Gasteiger partial charge on any atom is 0.246 e. The molecule has 8 heteroatoms. The Labute approximate surface area is 176 Å². The Hall–Kier alpha value is -2.58. The standard InChI is InChI=1S/C22H25FN4O2S/c1-15-11-19(17-6-8-20(23)9-7-17)12-21(25-15)18-5-4-10-27(14-18)30(28,29)22-13-24-26(3)16(22)2/h6-9,11-13,18H,4-5,10,14H2,1-3H3. The Morgan fingerprint density at radius 3 is 2.50 bits per heavy atom. The largest absolute Gasteiger partial charge is 0.272 e. The number of halogens is 1. The summed E-state index contributed by atoms with van der Waals surface area (Å²) in [4.78, 5) is 4.96. The topological polar surface area (TPSA) is 68.1 Å². The summed E-state index contributed by atoms with van der Waals surface area (Å²) in [5.41, 5.74) is 4.23. The third-order valence-corrected chi connectivity index (χ3v) is 7.73. The molecule has 1 unspecified atom stereocenters. The van der Waals surface area contributed by atoms with E-state index in [1.165, 1.54) is 18.3 Å². The van der Waals surface area contributed by atoms with Crippen molar-refractivity contribution >= 4 is 10.0 Å². The molecule has 0 saturated carbocycles. The van der Waals surface area contributed by atoms with Crippen molar-refractivity contribution in [2.45, 2.75) is 37.5 Å². The van der Waals surface area contributed by atoms with Gasteiger partial charge in [0.2, 0.25) is 10.0 Å². The van der Waals surface area contributed by atoms with E-state index in [2.05, 4.69) is 5.10 Å². The van der Waals surface area contributed by atoms with Gasteiger partial charge < -0.3 is 0 Å². The zero-order chi connectivity index (χ0) is 21.5. The highest BCUT2D eigenvalue weighted by molar-refractivity contribution is 7.89. The summed E-state index contributed by atoms with van der Waals surface area (Å²) in [5.74, 6) is -0.270. The third-order valence-electron chi connectivity index (χ3n) is 5.76. The summed E-state index contributed by atoms with van der Waals surface area (Å²) < 4.78 is 42.8. The average Bonchev–Trinajstić information content (AvgIpc) is 3.07. The van der Waals surface area contributed by atoms with Crippen LogP contribution in [0.25, 0.3) is 11.1 Å². The first-order chi connectivity index (χ1) is 14.3. The second-order valence-electron chi connectivity index (χ2n) is 7.85. The fraction of sp³-hybridized carbons (Fsp3) is 0.364. The zero-order valence-corrected chi connectivity index (χ0v) is 18.2. The van der Waals surface area contributed by atoms with Crippen LogP contribution in [-0.4, -0.2) is 40.6 Å². The van der Waals surface area contributed by atoms with Crippen LogP contribution in [0.5, 0.6) is 0 Å². The molecule has 0 aliphatic carbocycles. The fourth-order valence-electron chi connectivity index (χ4n) is 3.99. The average molecular weight is 429 g/mol. The monoisotopic (exact) mass is 428 g/mol. The maximum atomic E-state index is 13.3. The minimum Gasteiger partial charge on any atom is -0.272 e. The molecule has 3 aromatic rings. The molecule has 30 heavy (non-hydrogen) atoms. The lowest BCUT2D eigenvalue weighted by Crippen LogP contribution is -2.39. The zero-order valence-electron chi connectivity index (χ0n) is 17.3. The first kappa shape index (κ1) is 20.7. The van der Waals surface area contributed by atoms with Gasteiger partial charge >= 0.3 is 0 Å². The number of rotatable bonds is 4. The van der Waals surface area contributed by atoms with Gasteiger partial charge in [-0.05, 0) is 62.1 Å². The molecule has 1 aliphatic heterocycles. The van der Waals surface area contributed by atoms with Crippen LogP contribution in [0.3, 0.4) is 0 Å². The highest BCUT2D eigenvalue weighted by Gasteiger charge is 2.33. The van der Waals surface area contributed by atoms with Gasteiger partial charge in [-0.3, -0.25) is 9.67 Å². The predicted octanol–water partition coefficient (Wildman–Crippen LogP) is 3.81. The molecular weight excluding hydrogens is 403 g/mol. The Morgan fingerprint density at radius 1 is 1.10 bits per heavy atom. The van der Waals surface area contributed by atoms with Gasteiger partial charge in [0.15, 0.2) is 0 Å². The van der Waals surface area contributed by atoms with Gasteiger partial charge in [0.1, 0.15) is 10.7 Å².